The van der Waals surface area contributed by atoms with E-state index in [1.54, 1.807) is 31.2 Å². The van der Waals surface area contributed by atoms with Crippen LogP contribution in [0, 0.1) is 6.92 Å². The molecule has 224 valence electrons. The lowest BCUT2D eigenvalue weighted by Gasteiger charge is -2.29. The number of nitrogens with zero attached hydrogens (tertiary/aromatic N) is 2. The van der Waals surface area contributed by atoms with E-state index >= 15 is 0 Å². The van der Waals surface area contributed by atoms with Crippen LogP contribution in [0.2, 0.25) is 0 Å². The maximum atomic E-state index is 13.1. The van der Waals surface area contributed by atoms with Crippen molar-refractivity contribution in [3.8, 4) is 5.75 Å². The number of urea groups is 1. The van der Waals surface area contributed by atoms with Crippen LogP contribution in [0.25, 0.3) is 0 Å². The minimum atomic E-state index is -4.90. The Morgan fingerprint density at radius 2 is 1.88 bits per heavy atom. The van der Waals surface area contributed by atoms with Crippen molar-refractivity contribution in [2.75, 3.05) is 31.6 Å². The Hall–Kier alpha value is -3.97. The molecule has 0 aromatic heterocycles. The lowest BCUT2D eigenvalue weighted by atomic mass is 9.92. The zero-order valence-corrected chi connectivity index (χ0v) is 23.0. The molecular weight excluding hydrogens is 557 g/mol. The van der Waals surface area contributed by atoms with Crippen LogP contribution in [0.5, 0.6) is 5.75 Å². The van der Waals surface area contributed by atoms with Crippen molar-refractivity contribution in [3.63, 3.8) is 0 Å². The number of rotatable bonds is 7. The van der Waals surface area contributed by atoms with Crippen molar-refractivity contribution in [2.45, 2.75) is 58.2 Å². The predicted molar refractivity (Wildman–Crippen MR) is 144 cm³/mol. The lowest BCUT2D eigenvalue weighted by Crippen LogP contribution is -2.44. The van der Waals surface area contributed by atoms with Gasteiger partial charge in [-0.15, -0.1) is 13.2 Å². The molecule has 2 fully saturated rings. The smallest absolute Gasteiger partial charge is 0.405 e. The number of amides is 3. The predicted octanol–water partition coefficient (Wildman–Crippen LogP) is 3.69. The molecule has 1 atom stereocenters. The first kappa shape index (κ1) is 29.5. The van der Waals surface area contributed by atoms with Crippen LogP contribution < -0.4 is 15.4 Å². The van der Waals surface area contributed by atoms with Crippen LogP contribution in [0.4, 0.5) is 23.7 Å². The molecule has 3 aliphatic rings. The number of nitrogens with one attached hydrogen (secondary N) is 2. The fraction of sp³-hybridized carbons (Fsp3) is 0.448. The zero-order chi connectivity index (χ0) is 30.0. The monoisotopic (exact) mass is 588 g/mol. The largest absolute Gasteiger partial charge is 0.573 e. The van der Waals surface area contributed by atoms with E-state index in [0.29, 0.717) is 61.5 Å². The van der Waals surface area contributed by atoms with Gasteiger partial charge >= 0.3 is 12.4 Å². The fourth-order valence-electron chi connectivity index (χ4n) is 5.49. The highest BCUT2D eigenvalue weighted by atomic mass is 19.4. The number of hydrogen-bond donors (Lipinski definition) is 2. The molecule has 2 heterocycles. The van der Waals surface area contributed by atoms with E-state index in [4.69, 9.17) is 4.74 Å². The number of ether oxygens (including phenoxy) is 2. The number of carbonyl (C=O) groups excluding carboxylic acids is 4. The second-order valence-electron chi connectivity index (χ2n) is 10.7. The number of Topliss-reactive ketones (excluding diaryl/α,β-unsaturated/α-hetero) is 2. The quantitative estimate of drug-likeness (QED) is 0.474. The molecule has 0 spiro atoms. The summed E-state index contributed by atoms with van der Waals surface area (Å²) in [6.45, 7) is 4.53. The standard InChI is InChI=1S/C29H31F3N4O6/c1-17-20(15-35-6-8-41-9-7-35)11-21(12-26(17)42-29(30,31)32)34-28(40)33-14-18-2-3-19-16-36(27(39)23(19)10-18)24-5-4-22(37)13-25(24)38/h2-3,10-12,24H,4-9,13-16H2,1H3,(H2,33,34,40). The number of morpholine rings is 1. The van der Waals surface area contributed by atoms with Crippen LogP contribution >= 0.6 is 0 Å². The van der Waals surface area contributed by atoms with E-state index in [1.165, 1.54) is 4.90 Å². The third-order valence-corrected chi connectivity index (χ3v) is 7.72. The minimum Gasteiger partial charge on any atom is -0.405 e. The molecule has 2 aromatic rings. The van der Waals surface area contributed by atoms with E-state index in [2.05, 4.69) is 15.4 Å². The van der Waals surface area contributed by atoms with Crippen LogP contribution in [-0.2, 0) is 34.0 Å². The summed E-state index contributed by atoms with van der Waals surface area (Å²) in [5.41, 5.74) is 2.85. The van der Waals surface area contributed by atoms with Gasteiger partial charge in [-0.2, -0.15) is 0 Å². The molecule has 3 amide bonds. The molecule has 2 aromatic carbocycles. The Labute approximate surface area is 240 Å². The molecular formula is C29H31F3N4O6. The highest BCUT2D eigenvalue weighted by Gasteiger charge is 2.39. The molecule has 5 rings (SSSR count). The molecule has 42 heavy (non-hydrogen) atoms. The Balaban J connectivity index is 1.24. The Morgan fingerprint density at radius 3 is 2.60 bits per heavy atom. The number of ketones is 2. The van der Waals surface area contributed by atoms with Gasteiger partial charge in [-0.25, -0.2) is 4.79 Å². The van der Waals surface area contributed by atoms with Gasteiger partial charge in [0.15, 0.2) is 5.78 Å². The molecule has 1 saturated carbocycles. The van der Waals surface area contributed by atoms with Crippen LogP contribution in [0.15, 0.2) is 30.3 Å². The SMILES string of the molecule is Cc1c(CN2CCOCC2)cc(NC(=O)NCc2ccc3c(c2)C(=O)N(C2CCC(=O)CC2=O)C3)cc1OC(F)(F)F. The van der Waals surface area contributed by atoms with Gasteiger partial charge in [-0.05, 0) is 47.7 Å². The molecule has 1 saturated heterocycles. The average Bonchev–Trinajstić information content (AvgIpc) is 3.25. The maximum absolute atomic E-state index is 13.1. The molecule has 13 heteroatoms. The van der Waals surface area contributed by atoms with E-state index in [0.717, 1.165) is 11.6 Å². The summed E-state index contributed by atoms with van der Waals surface area (Å²) in [4.78, 5) is 53.3. The van der Waals surface area contributed by atoms with E-state index in [-0.39, 0.29) is 49.1 Å². The Kier molecular flexibility index (Phi) is 8.50. The lowest BCUT2D eigenvalue weighted by molar-refractivity contribution is -0.274. The summed E-state index contributed by atoms with van der Waals surface area (Å²) in [7, 11) is 0. The molecule has 2 aliphatic heterocycles. The van der Waals surface area contributed by atoms with Crippen molar-refractivity contribution in [2.24, 2.45) is 0 Å². The Bertz CT molecular complexity index is 1410. The highest BCUT2D eigenvalue weighted by molar-refractivity contribution is 6.07. The number of alkyl halides is 3. The van der Waals surface area contributed by atoms with E-state index < -0.39 is 24.2 Å². The molecule has 10 nitrogen and oxygen atoms in total. The maximum Gasteiger partial charge on any atom is 0.573 e. The van der Waals surface area contributed by atoms with E-state index in [9.17, 15) is 32.3 Å². The summed E-state index contributed by atoms with van der Waals surface area (Å²) in [5, 5.41) is 5.25. The molecule has 0 radical (unpaired) electrons. The number of hydrogen-bond acceptors (Lipinski definition) is 7. The number of anilines is 1. The van der Waals surface area contributed by atoms with Crippen LogP contribution in [-0.4, -0.2) is 72.0 Å². The highest BCUT2D eigenvalue weighted by Crippen LogP contribution is 2.33. The number of benzene rings is 2. The second-order valence-corrected chi connectivity index (χ2v) is 10.7. The third kappa shape index (κ3) is 6.90. The second kappa shape index (κ2) is 12.1. The molecule has 1 unspecified atom stereocenters. The van der Waals surface area contributed by atoms with Gasteiger partial charge in [-0.3, -0.25) is 19.3 Å². The average molecular weight is 589 g/mol. The van der Waals surface area contributed by atoms with Gasteiger partial charge in [0.1, 0.15) is 11.5 Å². The van der Waals surface area contributed by atoms with Gasteiger partial charge in [0.2, 0.25) is 0 Å². The number of carbonyl (C=O) groups is 4. The molecule has 1 aliphatic carbocycles. The first-order valence-corrected chi connectivity index (χ1v) is 13.7. The summed E-state index contributed by atoms with van der Waals surface area (Å²) in [6, 6.07) is 6.65. The summed E-state index contributed by atoms with van der Waals surface area (Å²) < 4.78 is 48.9. The van der Waals surface area contributed by atoms with Crippen molar-refractivity contribution in [1.29, 1.82) is 0 Å². The molecule has 2 N–H and O–H groups in total. The van der Waals surface area contributed by atoms with Crippen molar-refractivity contribution in [3.05, 3.63) is 58.1 Å². The normalized spacial score (nSPS) is 19.6. The third-order valence-electron chi connectivity index (χ3n) is 7.72. The topological polar surface area (TPSA) is 117 Å². The van der Waals surface area contributed by atoms with Gasteiger partial charge in [-0.1, -0.05) is 12.1 Å². The van der Waals surface area contributed by atoms with E-state index in [1.807, 2.05) is 4.90 Å². The summed E-state index contributed by atoms with van der Waals surface area (Å²) in [6.07, 6.45) is -4.48. The summed E-state index contributed by atoms with van der Waals surface area (Å²) >= 11 is 0. The number of fused-ring (bicyclic) bond motifs is 1. The zero-order valence-electron chi connectivity index (χ0n) is 23.0. The van der Waals surface area contributed by atoms with Gasteiger partial charge in [0, 0.05) is 56.5 Å². The minimum absolute atomic E-state index is 0.0433. The van der Waals surface area contributed by atoms with Crippen LogP contribution in [0.3, 0.4) is 0 Å². The van der Waals surface area contributed by atoms with Gasteiger partial charge in [0.05, 0.1) is 25.7 Å². The van der Waals surface area contributed by atoms with Crippen molar-refractivity contribution >= 4 is 29.2 Å². The Morgan fingerprint density at radius 1 is 1.12 bits per heavy atom. The summed E-state index contributed by atoms with van der Waals surface area (Å²) in [5.74, 6) is -1.06. The van der Waals surface area contributed by atoms with Gasteiger partial charge < -0.3 is 25.0 Å². The van der Waals surface area contributed by atoms with Crippen LogP contribution in [0.1, 0.15) is 51.9 Å². The van der Waals surface area contributed by atoms with Crippen molar-refractivity contribution < 1.29 is 41.8 Å². The first-order valence-electron chi connectivity index (χ1n) is 13.7. The van der Waals surface area contributed by atoms with Gasteiger partial charge in [0.25, 0.3) is 5.91 Å². The van der Waals surface area contributed by atoms with Crippen molar-refractivity contribution in [1.82, 2.24) is 15.1 Å². The fourth-order valence-corrected chi connectivity index (χ4v) is 5.49. The number of halogens is 3. The molecule has 0 bridgehead atoms. The first-order chi connectivity index (χ1) is 20.0.